The zero-order chi connectivity index (χ0) is 13.1. The Morgan fingerprint density at radius 3 is 2.56 bits per heavy atom. The van der Waals surface area contributed by atoms with E-state index in [9.17, 15) is 4.79 Å². The predicted molar refractivity (Wildman–Crippen MR) is 73.8 cm³/mol. The van der Waals surface area contributed by atoms with Gasteiger partial charge in [-0.3, -0.25) is 0 Å². The van der Waals surface area contributed by atoms with Crippen LogP contribution in [0, 0.1) is 0 Å². The lowest BCUT2D eigenvalue weighted by Gasteiger charge is -2.06. The second-order valence-corrected chi connectivity index (χ2v) is 4.47. The van der Waals surface area contributed by atoms with E-state index in [2.05, 4.69) is 5.32 Å². The van der Waals surface area contributed by atoms with Crippen molar-refractivity contribution >= 4 is 17.7 Å². The number of carbonyl (C=O) groups is 1. The molecule has 1 N–H and O–H groups in total. The molecule has 100 valence electrons. The van der Waals surface area contributed by atoms with E-state index in [0.717, 1.165) is 31.2 Å². The van der Waals surface area contributed by atoms with Crippen molar-refractivity contribution in [3.63, 3.8) is 0 Å². The van der Waals surface area contributed by atoms with Crippen LogP contribution in [0.5, 0.6) is 0 Å². The first-order chi connectivity index (χ1) is 8.83. The molecule has 0 radical (unpaired) electrons. The second kappa shape index (κ2) is 9.77. The summed E-state index contributed by atoms with van der Waals surface area (Å²) in [5.41, 5.74) is 0.995. The molecule has 18 heavy (non-hydrogen) atoms. The van der Waals surface area contributed by atoms with E-state index in [1.165, 1.54) is 0 Å². The standard InChI is InChI=1S/C14H20ClNO2/c15-10-6-1-2-7-11-16-14(17)18-12-13-8-4-3-5-9-13/h3-5,8-9H,1-2,6-7,10-12H2,(H,16,17). The Morgan fingerprint density at radius 1 is 1.11 bits per heavy atom. The molecule has 1 aromatic rings. The van der Waals surface area contributed by atoms with Crippen molar-refractivity contribution in [3.05, 3.63) is 35.9 Å². The predicted octanol–water partition coefficient (Wildman–Crippen LogP) is 3.71. The molecule has 0 saturated heterocycles. The van der Waals surface area contributed by atoms with Crippen molar-refractivity contribution in [2.24, 2.45) is 0 Å². The summed E-state index contributed by atoms with van der Waals surface area (Å²) in [6, 6.07) is 9.64. The van der Waals surface area contributed by atoms with Crippen molar-refractivity contribution in [1.29, 1.82) is 0 Å². The molecule has 0 aliphatic heterocycles. The molecule has 0 bridgehead atoms. The Morgan fingerprint density at radius 2 is 1.83 bits per heavy atom. The van der Waals surface area contributed by atoms with E-state index >= 15 is 0 Å². The molecule has 4 heteroatoms. The van der Waals surface area contributed by atoms with Gasteiger partial charge < -0.3 is 10.1 Å². The van der Waals surface area contributed by atoms with Crippen LogP contribution in [0.1, 0.15) is 31.2 Å². The summed E-state index contributed by atoms with van der Waals surface area (Å²) in [7, 11) is 0. The van der Waals surface area contributed by atoms with Gasteiger partial charge in [0.1, 0.15) is 6.61 Å². The summed E-state index contributed by atoms with van der Waals surface area (Å²) in [6.45, 7) is 0.981. The van der Waals surface area contributed by atoms with E-state index in [1.54, 1.807) is 0 Å². The third-order valence-corrected chi connectivity index (χ3v) is 2.81. The van der Waals surface area contributed by atoms with E-state index in [-0.39, 0.29) is 6.09 Å². The zero-order valence-corrected chi connectivity index (χ0v) is 11.3. The van der Waals surface area contributed by atoms with Crippen molar-refractivity contribution in [1.82, 2.24) is 5.32 Å². The average Bonchev–Trinajstić information content (AvgIpc) is 2.41. The highest BCUT2D eigenvalue weighted by Gasteiger charge is 2.01. The number of alkyl halides is 1. The number of halogens is 1. The number of hydrogen-bond donors (Lipinski definition) is 1. The molecule has 1 amide bonds. The van der Waals surface area contributed by atoms with Crippen LogP contribution in [0.2, 0.25) is 0 Å². The minimum atomic E-state index is -0.351. The number of ether oxygens (including phenoxy) is 1. The fourth-order valence-electron chi connectivity index (χ4n) is 1.54. The summed E-state index contributed by atoms with van der Waals surface area (Å²) in [5, 5.41) is 2.74. The van der Waals surface area contributed by atoms with Crippen LogP contribution >= 0.6 is 11.6 Å². The van der Waals surface area contributed by atoms with E-state index in [0.29, 0.717) is 19.0 Å². The molecule has 3 nitrogen and oxygen atoms in total. The van der Waals surface area contributed by atoms with Gasteiger partial charge in [-0.1, -0.05) is 43.2 Å². The van der Waals surface area contributed by atoms with Crippen molar-refractivity contribution in [2.75, 3.05) is 12.4 Å². The van der Waals surface area contributed by atoms with Gasteiger partial charge in [0.15, 0.2) is 0 Å². The fourth-order valence-corrected chi connectivity index (χ4v) is 1.73. The second-order valence-electron chi connectivity index (χ2n) is 4.09. The van der Waals surface area contributed by atoms with E-state index < -0.39 is 0 Å². The topological polar surface area (TPSA) is 38.3 Å². The molecular formula is C14H20ClNO2. The molecule has 0 unspecified atom stereocenters. The molecule has 0 aliphatic carbocycles. The van der Waals surface area contributed by atoms with Gasteiger partial charge in [-0.2, -0.15) is 0 Å². The van der Waals surface area contributed by atoms with Crippen LogP contribution in [0.3, 0.4) is 0 Å². The minimum absolute atomic E-state index is 0.318. The molecule has 0 saturated carbocycles. The quantitative estimate of drug-likeness (QED) is 0.577. The van der Waals surface area contributed by atoms with E-state index in [4.69, 9.17) is 16.3 Å². The Balaban J connectivity index is 2.01. The third-order valence-electron chi connectivity index (χ3n) is 2.54. The Kier molecular flexibility index (Phi) is 8.06. The highest BCUT2D eigenvalue weighted by Crippen LogP contribution is 2.01. The first-order valence-corrected chi connectivity index (χ1v) is 6.87. The van der Waals surface area contributed by atoms with Gasteiger partial charge in [0.05, 0.1) is 0 Å². The smallest absolute Gasteiger partial charge is 0.407 e. The molecular weight excluding hydrogens is 250 g/mol. The first-order valence-electron chi connectivity index (χ1n) is 6.33. The van der Waals surface area contributed by atoms with Gasteiger partial charge in [0.2, 0.25) is 0 Å². The molecule has 1 aromatic carbocycles. The number of carbonyl (C=O) groups excluding carboxylic acids is 1. The summed E-state index contributed by atoms with van der Waals surface area (Å²) in [6.07, 6.45) is 3.86. The minimum Gasteiger partial charge on any atom is -0.445 e. The highest BCUT2D eigenvalue weighted by molar-refractivity contribution is 6.17. The lowest BCUT2D eigenvalue weighted by Crippen LogP contribution is -2.25. The number of unbranched alkanes of at least 4 members (excludes halogenated alkanes) is 3. The molecule has 0 aromatic heterocycles. The van der Waals surface area contributed by atoms with Crippen LogP contribution in [0.4, 0.5) is 4.79 Å². The Hall–Kier alpha value is -1.22. The molecule has 0 atom stereocenters. The summed E-state index contributed by atoms with van der Waals surface area (Å²) in [5.74, 6) is 0.715. The maximum atomic E-state index is 11.4. The highest BCUT2D eigenvalue weighted by atomic mass is 35.5. The van der Waals surface area contributed by atoms with Crippen LogP contribution in [-0.4, -0.2) is 18.5 Å². The number of rotatable bonds is 8. The van der Waals surface area contributed by atoms with Crippen LogP contribution < -0.4 is 5.32 Å². The third kappa shape index (κ3) is 7.17. The van der Waals surface area contributed by atoms with Crippen LogP contribution in [-0.2, 0) is 11.3 Å². The van der Waals surface area contributed by atoms with Gasteiger partial charge in [0.25, 0.3) is 0 Å². The maximum absolute atomic E-state index is 11.4. The van der Waals surface area contributed by atoms with Gasteiger partial charge in [0, 0.05) is 12.4 Å². The Labute approximate surface area is 113 Å². The summed E-state index contributed by atoms with van der Waals surface area (Å²) < 4.78 is 5.08. The molecule has 0 spiro atoms. The van der Waals surface area contributed by atoms with Gasteiger partial charge in [-0.25, -0.2) is 4.79 Å². The lowest BCUT2D eigenvalue weighted by atomic mass is 10.2. The monoisotopic (exact) mass is 269 g/mol. The number of amides is 1. The average molecular weight is 270 g/mol. The van der Waals surface area contributed by atoms with Gasteiger partial charge in [-0.05, 0) is 18.4 Å². The van der Waals surface area contributed by atoms with Gasteiger partial charge in [-0.15, -0.1) is 11.6 Å². The van der Waals surface area contributed by atoms with Crippen molar-refractivity contribution in [3.8, 4) is 0 Å². The first kappa shape index (κ1) is 14.8. The molecule has 0 fully saturated rings. The fraction of sp³-hybridized carbons (Fsp3) is 0.500. The van der Waals surface area contributed by atoms with E-state index in [1.807, 2.05) is 30.3 Å². The van der Waals surface area contributed by atoms with Crippen LogP contribution in [0.15, 0.2) is 30.3 Å². The van der Waals surface area contributed by atoms with Crippen molar-refractivity contribution < 1.29 is 9.53 Å². The number of nitrogens with one attached hydrogen (secondary N) is 1. The maximum Gasteiger partial charge on any atom is 0.407 e. The van der Waals surface area contributed by atoms with Gasteiger partial charge >= 0.3 is 6.09 Å². The largest absolute Gasteiger partial charge is 0.445 e. The summed E-state index contributed by atoms with van der Waals surface area (Å²) in [4.78, 5) is 11.4. The zero-order valence-electron chi connectivity index (χ0n) is 10.5. The number of benzene rings is 1. The summed E-state index contributed by atoms with van der Waals surface area (Å²) >= 11 is 5.57. The van der Waals surface area contributed by atoms with Crippen molar-refractivity contribution in [2.45, 2.75) is 32.3 Å². The van der Waals surface area contributed by atoms with Crippen LogP contribution in [0.25, 0.3) is 0 Å². The molecule has 1 rings (SSSR count). The Bertz CT molecular complexity index is 330. The SMILES string of the molecule is O=C(NCCCCCCCl)OCc1ccccc1. The normalized spacial score (nSPS) is 10.1. The number of alkyl carbamates (subject to hydrolysis) is 1. The lowest BCUT2D eigenvalue weighted by molar-refractivity contribution is 0.139. The number of hydrogen-bond acceptors (Lipinski definition) is 2. The molecule has 0 heterocycles. The molecule has 0 aliphatic rings.